The van der Waals surface area contributed by atoms with Crippen molar-refractivity contribution in [3.63, 3.8) is 0 Å². The molecule has 0 aliphatic heterocycles. The van der Waals surface area contributed by atoms with Crippen molar-refractivity contribution in [1.29, 1.82) is 0 Å². The predicted molar refractivity (Wildman–Crippen MR) is 65.3 cm³/mol. The lowest BCUT2D eigenvalue weighted by Gasteiger charge is -2.09. The summed E-state index contributed by atoms with van der Waals surface area (Å²) in [5, 5.41) is 3.15. The standard InChI is InChI=1S/C13H13FN2/c1-9-3-2-4-11(7-9)16-13-6-5-10(14)8-12(13)15/h2-8,16H,15H2,1H3. The molecule has 0 unspecified atom stereocenters. The third kappa shape index (κ3) is 2.31. The molecule has 2 aromatic rings. The number of nitrogens with one attached hydrogen (secondary N) is 1. The molecule has 2 aromatic carbocycles. The fraction of sp³-hybridized carbons (Fsp3) is 0.0769. The van der Waals surface area contributed by atoms with Gasteiger partial charge in [0, 0.05) is 5.69 Å². The Morgan fingerprint density at radius 2 is 1.94 bits per heavy atom. The summed E-state index contributed by atoms with van der Waals surface area (Å²) in [4.78, 5) is 0. The number of nitrogens with two attached hydrogens (primary N) is 1. The number of rotatable bonds is 2. The maximum atomic E-state index is 12.8. The van der Waals surface area contributed by atoms with Crippen molar-refractivity contribution < 1.29 is 4.39 Å². The van der Waals surface area contributed by atoms with Crippen molar-refractivity contribution >= 4 is 17.1 Å². The highest BCUT2D eigenvalue weighted by Crippen LogP contribution is 2.23. The van der Waals surface area contributed by atoms with E-state index < -0.39 is 0 Å². The molecule has 0 aliphatic carbocycles. The van der Waals surface area contributed by atoms with Gasteiger partial charge in [0.2, 0.25) is 0 Å². The lowest BCUT2D eigenvalue weighted by atomic mass is 10.2. The van der Waals surface area contributed by atoms with E-state index >= 15 is 0 Å². The predicted octanol–water partition coefficient (Wildman–Crippen LogP) is 3.46. The minimum absolute atomic E-state index is 0.327. The SMILES string of the molecule is Cc1cccc(Nc2ccc(F)cc2N)c1. The Balaban J connectivity index is 2.27. The highest BCUT2D eigenvalue weighted by atomic mass is 19.1. The first-order chi connectivity index (χ1) is 7.65. The summed E-state index contributed by atoms with van der Waals surface area (Å²) in [5.74, 6) is -0.327. The average Bonchev–Trinajstić information content (AvgIpc) is 2.22. The lowest BCUT2D eigenvalue weighted by Crippen LogP contribution is -1.96. The number of anilines is 3. The zero-order valence-electron chi connectivity index (χ0n) is 9.00. The monoisotopic (exact) mass is 216 g/mol. The number of benzene rings is 2. The van der Waals surface area contributed by atoms with Crippen LogP contribution in [-0.4, -0.2) is 0 Å². The van der Waals surface area contributed by atoms with Gasteiger partial charge in [0.1, 0.15) is 5.82 Å². The minimum atomic E-state index is -0.327. The van der Waals surface area contributed by atoms with E-state index in [4.69, 9.17) is 5.73 Å². The van der Waals surface area contributed by atoms with Crippen LogP contribution < -0.4 is 11.1 Å². The fourth-order valence-corrected chi connectivity index (χ4v) is 1.53. The lowest BCUT2D eigenvalue weighted by molar-refractivity contribution is 0.628. The summed E-state index contributed by atoms with van der Waals surface area (Å²) in [6.07, 6.45) is 0. The quantitative estimate of drug-likeness (QED) is 0.754. The van der Waals surface area contributed by atoms with E-state index in [2.05, 4.69) is 5.32 Å². The van der Waals surface area contributed by atoms with E-state index in [0.29, 0.717) is 11.4 Å². The highest BCUT2D eigenvalue weighted by Gasteiger charge is 2.01. The summed E-state index contributed by atoms with van der Waals surface area (Å²) in [6, 6.07) is 12.2. The molecule has 0 saturated heterocycles. The molecule has 0 aromatic heterocycles. The Morgan fingerprint density at radius 3 is 2.62 bits per heavy atom. The summed E-state index contributed by atoms with van der Waals surface area (Å²) in [6.45, 7) is 2.01. The molecular formula is C13H13FN2. The Hall–Kier alpha value is -2.03. The van der Waals surface area contributed by atoms with E-state index in [1.54, 1.807) is 6.07 Å². The van der Waals surface area contributed by atoms with Crippen LogP contribution in [0.3, 0.4) is 0 Å². The number of aryl methyl sites for hydroxylation is 1. The van der Waals surface area contributed by atoms with Gasteiger partial charge in [0.25, 0.3) is 0 Å². The Morgan fingerprint density at radius 1 is 1.12 bits per heavy atom. The minimum Gasteiger partial charge on any atom is -0.397 e. The van der Waals surface area contributed by atoms with Gasteiger partial charge >= 0.3 is 0 Å². The Labute approximate surface area is 93.9 Å². The molecule has 2 nitrogen and oxygen atoms in total. The average molecular weight is 216 g/mol. The molecule has 0 bridgehead atoms. The third-order valence-electron chi connectivity index (χ3n) is 2.31. The summed E-state index contributed by atoms with van der Waals surface area (Å²) in [5.41, 5.74) is 8.92. The van der Waals surface area contributed by atoms with Gasteiger partial charge in [-0.15, -0.1) is 0 Å². The fourth-order valence-electron chi connectivity index (χ4n) is 1.53. The van der Waals surface area contributed by atoms with Gasteiger partial charge in [-0.25, -0.2) is 4.39 Å². The van der Waals surface area contributed by atoms with Crippen molar-refractivity contribution in [2.75, 3.05) is 11.1 Å². The normalized spacial score (nSPS) is 10.1. The largest absolute Gasteiger partial charge is 0.397 e. The van der Waals surface area contributed by atoms with Gasteiger partial charge in [0.05, 0.1) is 11.4 Å². The third-order valence-corrected chi connectivity index (χ3v) is 2.31. The van der Waals surface area contributed by atoms with E-state index in [0.717, 1.165) is 11.3 Å². The van der Waals surface area contributed by atoms with Gasteiger partial charge in [-0.2, -0.15) is 0 Å². The van der Waals surface area contributed by atoms with E-state index in [1.165, 1.54) is 12.1 Å². The molecule has 0 spiro atoms. The second-order valence-corrected chi connectivity index (χ2v) is 3.73. The first kappa shape index (κ1) is 10.5. The van der Waals surface area contributed by atoms with E-state index in [1.807, 2.05) is 31.2 Å². The molecule has 3 heteroatoms. The van der Waals surface area contributed by atoms with Crippen LogP contribution in [0, 0.1) is 12.7 Å². The maximum absolute atomic E-state index is 12.8. The van der Waals surface area contributed by atoms with Gasteiger partial charge in [-0.1, -0.05) is 12.1 Å². The molecule has 0 amide bonds. The first-order valence-corrected chi connectivity index (χ1v) is 5.04. The molecule has 0 radical (unpaired) electrons. The molecule has 0 aliphatic rings. The van der Waals surface area contributed by atoms with Crippen LogP contribution in [0.5, 0.6) is 0 Å². The Kier molecular flexibility index (Phi) is 2.77. The number of hydrogen-bond acceptors (Lipinski definition) is 2. The van der Waals surface area contributed by atoms with Gasteiger partial charge in [-0.05, 0) is 42.8 Å². The molecule has 3 N–H and O–H groups in total. The topological polar surface area (TPSA) is 38.0 Å². The van der Waals surface area contributed by atoms with Crippen LogP contribution in [0.1, 0.15) is 5.56 Å². The van der Waals surface area contributed by atoms with Crippen molar-refractivity contribution in [3.8, 4) is 0 Å². The summed E-state index contributed by atoms with van der Waals surface area (Å²) in [7, 11) is 0. The molecule has 2 rings (SSSR count). The smallest absolute Gasteiger partial charge is 0.125 e. The van der Waals surface area contributed by atoms with Crippen molar-refractivity contribution in [1.82, 2.24) is 0 Å². The molecular weight excluding hydrogens is 203 g/mol. The van der Waals surface area contributed by atoms with Crippen molar-refractivity contribution in [3.05, 3.63) is 53.8 Å². The van der Waals surface area contributed by atoms with Crippen molar-refractivity contribution in [2.45, 2.75) is 6.92 Å². The van der Waals surface area contributed by atoms with E-state index in [9.17, 15) is 4.39 Å². The highest BCUT2D eigenvalue weighted by molar-refractivity contribution is 5.72. The zero-order chi connectivity index (χ0) is 11.5. The van der Waals surface area contributed by atoms with Gasteiger partial charge < -0.3 is 11.1 Å². The van der Waals surface area contributed by atoms with Crippen LogP contribution in [-0.2, 0) is 0 Å². The van der Waals surface area contributed by atoms with Crippen LogP contribution in [0.2, 0.25) is 0 Å². The second kappa shape index (κ2) is 4.23. The van der Waals surface area contributed by atoms with Crippen LogP contribution >= 0.6 is 0 Å². The second-order valence-electron chi connectivity index (χ2n) is 3.73. The number of halogens is 1. The van der Waals surface area contributed by atoms with Gasteiger partial charge in [-0.3, -0.25) is 0 Å². The summed E-state index contributed by atoms with van der Waals surface area (Å²) >= 11 is 0. The molecule has 0 saturated carbocycles. The van der Waals surface area contributed by atoms with Crippen LogP contribution in [0.4, 0.5) is 21.5 Å². The molecule has 0 fully saturated rings. The molecule has 0 atom stereocenters. The maximum Gasteiger partial charge on any atom is 0.125 e. The summed E-state index contributed by atoms with van der Waals surface area (Å²) < 4.78 is 12.8. The van der Waals surface area contributed by atoms with Crippen LogP contribution in [0.25, 0.3) is 0 Å². The number of hydrogen-bond donors (Lipinski definition) is 2. The van der Waals surface area contributed by atoms with Gasteiger partial charge in [0.15, 0.2) is 0 Å². The number of nitrogen functional groups attached to an aromatic ring is 1. The molecule has 16 heavy (non-hydrogen) atoms. The first-order valence-electron chi connectivity index (χ1n) is 5.04. The van der Waals surface area contributed by atoms with E-state index in [-0.39, 0.29) is 5.82 Å². The van der Waals surface area contributed by atoms with Crippen molar-refractivity contribution in [2.24, 2.45) is 0 Å². The molecule has 82 valence electrons. The van der Waals surface area contributed by atoms with Crippen LogP contribution in [0.15, 0.2) is 42.5 Å². The Bertz CT molecular complexity index is 509. The molecule has 0 heterocycles. The zero-order valence-corrected chi connectivity index (χ0v) is 9.00.